The summed E-state index contributed by atoms with van der Waals surface area (Å²) >= 11 is 6.04. The molecule has 1 N–H and O–H groups in total. The number of benzene rings is 1. The highest BCUT2D eigenvalue weighted by molar-refractivity contribution is 6.30. The third kappa shape index (κ3) is 5.46. The van der Waals surface area contributed by atoms with Gasteiger partial charge in [0.2, 0.25) is 5.72 Å². The van der Waals surface area contributed by atoms with Crippen molar-refractivity contribution in [1.29, 1.82) is 0 Å². The molecule has 0 saturated carbocycles. The lowest BCUT2D eigenvalue weighted by Gasteiger charge is -2.28. The van der Waals surface area contributed by atoms with Gasteiger partial charge in [0.1, 0.15) is 12.7 Å². The fourth-order valence-electron chi connectivity index (χ4n) is 3.88. The number of fused-ring (bicyclic) bond motifs is 1. The van der Waals surface area contributed by atoms with Gasteiger partial charge in [-0.05, 0) is 18.6 Å². The molecule has 0 unspecified atom stereocenters. The molecule has 4 nitrogen and oxygen atoms in total. The minimum Gasteiger partial charge on any atom is -1.00 e. The highest BCUT2D eigenvalue weighted by Gasteiger charge is 2.51. The molecule has 1 aliphatic heterocycles. The summed E-state index contributed by atoms with van der Waals surface area (Å²) in [5, 5.41) is 12.2. The van der Waals surface area contributed by atoms with Crippen LogP contribution in [-0.2, 0) is 12.3 Å². The number of aliphatic hydroxyl groups is 1. The summed E-state index contributed by atoms with van der Waals surface area (Å²) in [6.07, 6.45) is 13.9. The second kappa shape index (κ2) is 11.1. The summed E-state index contributed by atoms with van der Waals surface area (Å²) < 4.78 is 2.03. The predicted octanol–water partition coefficient (Wildman–Crippen LogP) is 1.83. The normalized spacial score (nSPS) is 18.0. The summed E-state index contributed by atoms with van der Waals surface area (Å²) in [7, 11) is 0. The van der Waals surface area contributed by atoms with Crippen molar-refractivity contribution in [3.8, 4) is 0 Å². The van der Waals surface area contributed by atoms with E-state index in [1.54, 1.807) is 6.20 Å². The number of halogens is 2. The van der Waals surface area contributed by atoms with Crippen molar-refractivity contribution in [3.05, 3.63) is 53.3 Å². The lowest BCUT2D eigenvalue weighted by atomic mass is 10.0. The van der Waals surface area contributed by atoms with Gasteiger partial charge in [0, 0.05) is 16.7 Å². The Hall–Kier alpha value is -1.17. The monoisotopic (exact) mass is 467 g/mol. The van der Waals surface area contributed by atoms with Gasteiger partial charge in [-0.2, -0.15) is 0 Å². The second-order valence-corrected chi connectivity index (χ2v) is 7.93. The van der Waals surface area contributed by atoms with Crippen molar-refractivity contribution < 1.29 is 26.7 Å². The van der Waals surface area contributed by atoms with E-state index >= 15 is 0 Å². The Bertz CT molecular complexity index is 728. The summed E-state index contributed by atoms with van der Waals surface area (Å²) in [4.78, 5) is 6.58. The highest BCUT2D eigenvalue weighted by atomic mass is 79.9. The van der Waals surface area contributed by atoms with Gasteiger partial charge >= 0.3 is 5.95 Å². The molecule has 1 aliphatic rings. The maximum Gasteiger partial charge on any atom is 0.396 e. The van der Waals surface area contributed by atoms with Crippen LogP contribution in [0.4, 0.5) is 5.95 Å². The molecule has 0 saturated heterocycles. The molecule has 2 heterocycles. The van der Waals surface area contributed by atoms with Crippen LogP contribution >= 0.6 is 11.6 Å². The van der Waals surface area contributed by atoms with Gasteiger partial charge in [-0.3, -0.25) is 0 Å². The molecular formula is C22H31BrClN3O. The molecule has 2 aromatic rings. The Morgan fingerprint density at radius 2 is 1.71 bits per heavy atom. The van der Waals surface area contributed by atoms with Gasteiger partial charge in [0.25, 0.3) is 0 Å². The van der Waals surface area contributed by atoms with E-state index in [9.17, 15) is 5.11 Å². The number of rotatable bonds is 10. The molecule has 1 aromatic heterocycles. The van der Waals surface area contributed by atoms with Gasteiger partial charge in [0.15, 0.2) is 0 Å². The van der Waals surface area contributed by atoms with Gasteiger partial charge in [0.05, 0.1) is 12.7 Å². The molecular weight excluding hydrogens is 438 g/mol. The molecule has 3 rings (SSSR count). The van der Waals surface area contributed by atoms with Crippen LogP contribution in [0.5, 0.6) is 0 Å². The predicted molar refractivity (Wildman–Crippen MR) is 110 cm³/mol. The molecule has 0 bridgehead atoms. The first-order valence-electron chi connectivity index (χ1n) is 10.3. The van der Waals surface area contributed by atoms with Crippen LogP contribution < -0.4 is 26.4 Å². The zero-order valence-corrected chi connectivity index (χ0v) is 19.0. The Kier molecular flexibility index (Phi) is 9.19. The zero-order chi connectivity index (χ0) is 19.1. The van der Waals surface area contributed by atoms with Gasteiger partial charge in [-0.1, -0.05) is 80.6 Å². The van der Waals surface area contributed by atoms with Crippen LogP contribution in [-0.4, -0.2) is 16.6 Å². The second-order valence-electron chi connectivity index (χ2n) is 7.50. The molecule has 0 fully saturated rings. The average Bonchev–Trinajstić information content (AvgIpc) is 2.97. The van der Waals surface area contributed by atoms with Gasteiger partial charge in [-0.25, -0.2) is 9.47 Å². The van der Waals surface area contributed by atoms with E-state index < -0.39 is 5.72 Å². The topological polar surface area (TPSA) is 40.2 Å². The van der Waals surface area contributed by atoms with Crippen molar-refractivity contribution in [3.63, 3.8) is 0 Å². The molecule has 28 heavy (non-hydrogen) atoms. The third-order valence-corrected chi connectivity index (χ3v) is 5.67. The SMILES string of the molecule is CCCCCCCCCCN1c2nccc[n+]2C[C@@]1(O)c1ccc(Cl)cc1.[Br-]. The fraction of sp³-hybridized carbons (Fsp3) is 0.545. The summed E-state index contributed by atoms with van der Waals surface area (Å²) in [5.41, 5.74) is -0.218. The fourth-order valence-corrected chi connectivity index (χ4v) is 4.01. The molecule has 0 amide bonds. The smallest absolute Gasteiger partial charge is 0.396 e. The molecule has 0 radical (unpaired) electrons. The van der Waals surface area contributed by atoms with Crippen LogP contribution in [0.2, 0.25) is 5.02 Å². The van der Waals surface area contributed by atoms with Crippen LogP contribution in [0.15, 0.2) is 42.7 Å². The maximum absolute atomic E-state index is 11.6. The molecule has 1 atom stereocenters. The van der Waals surface area contributed by atoms with Crippen molar-refractivity contribution in [2.24, 2.45) is 0 Å². The number of anilines is 1. The maximum atomic E-state index is 11.6. The largest absolute Gasteiger partial charge is 1.00 e. The molecule has 1 aromatic carbocycles. The number of aromatic nitrogens is 2. The first kappa shape index (κ1) is 23.1. The van der Waals surface area contributed by atoms with Gasteiger partial charge in [-0.15, -0.1) is 0 Å². The van der Waals surface area contributed by atoms with E-state index in [-0.39, 0.29) is 17.0 Å². The van der Waals surface area contributed by atoms with Gasteiger partial charge < -0.3 is 22.1 Å². The molecule has 0 aliphatic carbocycles. The number of hydrogen-bond donors (Lipinski definition) is 1. The third-order valence-electron chi connectivity index (χ3n) is 5.42. The Balaban J connectivity index is 0.00000280. The first-order valence-corrected chi connectivity index (χ1v) is 10.6. The molecule has 154 valence electrons. The standard InChI is InChI=1S/C22H31ClN3O.BrH/c1-2-3-4-5-6-7-8-9-17-26-21-24-15-10-16-25(21)18-22(26,27)19-11-13-20(23)14-12-19;/h10-16,27H,2-9,17-18H2,1H3;1H/q+1;/p-1/t22-;/m1./s1. The van der Waals surface area contributed by atoms with E-state index in [0.29, 0.717) is 11.6 Å². The average molecular weight is 469 g/mol. The van der Waals surface area contributed by atoms with E-state index in [0.717, 1.165) is 24.5 Å². The highest BCUT2D eigenvalue weighted by Crippen LogP contribution is 2.34. The van der Waals surface area contributed by atoms with Crippen molar-refractivity contribution >= 4 is 17.5 Å². The van der Waals surface area contributed by atoms with Crippen LogP contribution in [0, 0.1) is 0 Å². The van der Waals surface area contributed by atoms with Crippen LogP contribution in [0.3, 0.4) is 0 Å². The summed E-state index contributed by atoms with van der Waals surface area (Å²) in [5.74, 6) is 0.831. The Labute approximate surface area is 184 Å². The van der Waals surface area contributed by atoms with Crippen molar-refractivity contribution in [2.45, 2.75) is 70.6 Å². The minimum atomic E-state index is -1.08. The van der Waals surface area contributed by atoms with E-state index in [4.69, 9.17) is 11.6 Å². The Morgan fingerprint density at radius 3 is 2.39 bits per heavy atom. The van der Waals surface area contributed by atoms with E-state index in [2.05, 4.69) is 11.9 Å². The summed E-state index contributed by atoms with van der Waals surface area (Å²) in [6, 6.07) is 9.41. The van der Waals surface area contributed by atoms with Crippen LogP contribution in [0.1, 0.15) is 63.9 Å². The lowest BCUT2D eigenvalue weighted by molar-refractivity contribution is -0.685. The number of hydrogen-bond acceptors (Lipinski definition) is 3. The summed E-state index contributed by atoms with van der Waals surface area (Å²) in [6.45, 7) is 3.53. The zero-order valence-electron chi connectivity index (χ0n) is 16.7. The van der Waals surface area contributed by atoms with Crippen molar-refractivity contribution in [2.75, 3.05) is 11.4 Å². The number of nitrogens with zero attached hydrogens (tertiary/aromatic N) is 3. The van der Waals surface area contributed by atoms with E-state index in [1.807, 2.05) is 46.0 Å². The number of unbranched alkanes of at least 4 members (excludes halogenated alkanes) is 7. The minimum absolute atomic E-state index is 0. The molecule has 0 spiro atoms. The lowest BCUT2D eigenvalue weighted by Crippen LogP contribution is -3.00. The molecule has 6 heteroatoms. The van der Waals surface area contributed by atoms with Crippen LogP contribution in [0.25, 0.3) is 0 Å². The first-order chi connectivity index (χ1) is 13.1. The Morgan fingerprint density at radius 1 is 1.07 bits per heavy atom. The van der Waals surface area contributed by atoms with E-state index in [1.165, 1.54) is 44.9 Å². The van der Waals surface area contributed by atoms with Crippen molar-refractivity contribution in [1.82, 2.24) is 4.98 Å². The quantitative estimate of drug-likeness (QED) is 0.427.